The quantitative estimate of drug-likeness (QED) is 0.803. The van der Waals surface area contributed by atoms with E-state index in [4.69, 9.17) is 0 Å². The van der Waals surface area contributed by atoms with Gasteiger partial charge in [-0.05, 0) is 51.9 Å². The Balaban J connectivity index is 2.17. The molecule has 1 aromatic rings. The van der Waals surface area contributed by atoms with Crippen molar-refractivity contribution in [3.63, 3.8) is 0 Å². The molecule has 0 spiro atoms. The van der Waals surface area contributed by atoms with Crippen molar-refractivity contribution in [2.24, 2.45) is 0 Å². The lowest BCUT2D eigenvalue weighted by molar-refractivity contribution is 0.0685. The number of nitrogens with zero attached hydrogens (tertiary/aromatic N) is 3. The molecule has 1 fully saturated rings. The number of piperidine rings is 1. The van der Waals surface area contributed by atoms with Crippen LogP contribution in [0.15, 0.2) is 17.2 Å². The lowest BCUT2D eigenvalue weighted by Gasteiger charge is -2.35. The molecule has 1 saturated heterocycles. The number of aromatic carboxylic acids is 1. The van der Waals surface area contributed by atoms with Crippen molar-refractivity contribution in [2.45, 2.75) is 50.6 Å². The van der Waals surface area contributed by atoms with Gasteiger partial charge >= 0.3 is 5.97 Å². The van der Waals surface area contributed by atoms with Gasteiger partial charge in [-0.2, -0.15) is 4.31 Å². The number of hydrogen-bond donors (Lipinski definition) is 1. The Labute approximate surface area is 143 Å². The molecule has 7 nitrogen and oxygen atoms in total. The van der Waals surface area contributed by atoms with Crippen molar-refractivity contribution >= 4 is 16.0 Å². The number of carboxylic acids is 1. The van der Waals surface area contributed by atoms with E-state index in [1.54, 1.807) is 14.0 Å². The van der Waals surface area contributed by atoms with Gasteiger partial charge in [0.05, 0.1) is 0 Å². The summed E-state index contributed by atoms with van der Waals surface area (Å²) in [4.78, 5) is 13.7. The lowest BCUT2D eigenvalue weighted by atomic mass is 10.1. The smallest absolute Gasteiger partial charge is 0.352 e. The second-order valence-corrected chi connectivity index (χ2v) is 8.24. The van der Waals surface area contributed by atoms with Gasteiger partial charge in [0.1, 0.15) is 10.6 Å². The van der Waals surface area contributed by atoms with Crippen LogP contribution in [0.2, 0.25) is 0 Å². The van der Waals surface area contributed by atoms with E-state index in [0.29, 0.717) is 6.54 Å². The number of hydrogen-bond acceptors (Lipinski definition) is 4. The Morgan fingerprint density at radius 2 is 1.96 bits per heavy atom. The van der Waals surface area contributed by atoms with E-state index < -0.39 is 16.0 Å². The largest absolute Gasteiger partial charge is 0.477 e. The van der Waals surface area contributed by atoms with Crippen molar-refractivity contribution < 1.29 is 18.3 Å². The fourth-order valence-corrected chi connectivity index (χ4v) is 4.71. The number of carbonyl (C=O) groups is 1. The van der Waals surface area contributed by atoms with Gasteiger partial charge < -0.3 is 14.6 Å². The summed E-state index contributed by atoms with van der Waals surface area (Å²) in [5.41, 5.74) is 0.00207. The Hall–Kier alpha value is -1.38. The SMILES string of the molecule is CCCN1CCC(N(C)S(=O)(=O)c2cc(C(=O)O)n(CC)c2)CC1. The minimum atomic E-state index is -3.68. The Morgan fingerprint density at radius 1 is 1.33 bits per heavy atom. The summed E-state index contributed by atoms with van der Waals surface area (Å²) < 4.78 is 28.6. The van der Waals surface area contributed by atoms with Crippen molar-refractivity contribution in [3.05, 3.63) is 18.0 Å². The van der Waals surface area contributed by atoms with Gasteiger partial charge in [-0.25, -0.2) is 13.2 Å². The van der Waals surface area contributed by atoms with Gasteiger partial charge in [-0.1, -0.05) is 6.92 Å². The molecule has 0 aliphatic carbocycles. The minimum Gasteiger partial charge on any atom is -0.477 e. The third-order valence-corrected chi connectivity index (χ3v) is 6.59. The fraction of sp³-hybridized carbons (Fsp3) is 0.688. The van der Waals surface area contributed by atoms with Crippen LogP contribution in [0.3, 0.4) is 0 Å². The van der Waals surface area contributed by atoms with Crippen LogP contribution in [0.1, 0.15) is 43.6 Å². The summed E-state index contributed by atoms with van der Waals surface area (Å²) in [6.45, 7) is 7.18. The van der Waals surface area contributed by atoms with Crippen LogP contribution < -0.4 is 0 Å². The molecule has 0 radical (unpaired) electrons. The molecular weight excluding hydrogens is 330 g/mol. The van der Waals surface area contributed by atoms with Gasteiger partial charge in [-0.3, -0.25) is 0 Å². The second-order valence-electron chi connectivity index (χ2n) is 6.25. The van der Waals surface area contributed by atoms with Crippen molar-refractivity contribution in [1.29, 1.82) is 0 Å². The highest BCUT2D eigenvalue weighted by molar-refractivity contribution is 7.89. The van der Waals surface area contributed by atoms with E-state index >= 15 is 0 Å². The first kappa shape index (κ1) is 19.0. The van der Waals surface area contributed by atoms with Gasteiger partial charge in [0.25, 0.3) is 0 Å². The molecule has 0 unspecified atom stereocenters. The zero-order valence-corrected chi connectivity index (χ0v) is 15.4. The maximum atomic E-state index is 12.8. The zero-order valence-electron chi connectivity index (χ0n) is 14.6. The third kappa shape index (κ3) is 3.81. The number of likely N-dealkylation sites (tertiary alicyclic amines) is 1. The Kier molecular flexibility index (Phi) is 6.06. The number of rotatable bonds is 7. The van der Waals surface area contributed by atoms with E-state index in [-0.39, 0.29) is 16.6 Å². The van der Waals surface area contributed by atoms with Crippen molar-refractivity contribution in [2.75, 3.05) is 26.7 Å². The predicted octanol–water partition coefficient (Wildman–Crippen LogP) is 1.70. The van der Waals surface area contributed by atoms with Crippen LogP contribution in [0.5, 0.6) is 0 Å². The van der Waals surface area contributed by atoms with Crippen LogP contribution in [0, 0.1) is 0 Å². The van der Waals surface area contributed by atoms with Crippen LogP contribution >= 0.6 is 0 Å². The highest BCUT2D eigenvalue weighted by atomic mass is 32.2. The third-order valence-electron chi connectivity index (χ3n) is 4.72. The Morgan fingerprint density at radius 3 is 2.42 bits per heavy atom. The van der Waals surface area contributed by atoms with E-state index in [0.717, 1.165) is 38.9 Å². The normalized spacial score (nSPS) is 17.5. The van der Waals surface area contributed by atoms with E-state index in [1.165, 1.54) is 21.1 Å². The predicted molar refractivity (Wildman–Crippen MR) is 91.8 cm³/mol. The summed E-state index contributed by atoms with van der Waals surface area (Å²) in [6, 6.07) is 1.21. The summed E-state index contributed by atoms with van der Waals surface area (Å²) in [6.07, 6.45) is 4.12. The molecule has 8 heteroatoms. The summed E-state index contributed by atoms with van der Waals surface area (Å²) in [5, 5.41) is 9.21. The van der Waals surface area contributed by atoms with E-state index in [1.807, 2.05) is 0 Å². The van der Waals surface area contributed by atoms with Crippen LogP contribution in [0.25, 0.3) is 0 Å². The number of carboxylic acid groups (broad SMARTS) is 1. The van der Waals surface area contributed by atoms with Crippen molar-refractivity contribution in [1.82, 2.24) is 13.8 Å². The standard InChI is InChI=1S/C16H27N3O4S/c1-4-8-18-9-6-13(7-10-18)17(3)24(22,23)14-11-15(16(20)21)19(5-2)12-14/h11-13H,4-10H2,1-3H3,(H,20,21). The zero-order chi connectivity index (χ0) is 17.9. The molecule has 2 rings (SSSR count). The molecule has 24 heavy (non-hydrogen) atoms. The molecule has 0 aromatic carbocycles. The molecule has 0 bridgehead atoms. The number of aryl methyl sites for hydroxylation is 1. The molecule has 0 saturated carbocycles. The minimum absolute atomic E-state index is 0.00207. The molecule has 136 valence electrons. The second kappa shape index (κ2) is 7.67. The first-order valence-electron chi connectivity index (χ1n) is 8.45. The number of aromatic nitrogens is 1. The molecule has 2 heterocycles. The van der Waals surface area contributed by atoms with E-state index in [9.17, 15) is 18.3 Å². The van der Waals surface area contributed by atoms with Gasteiger partial charge in [0.15, 0.2) is 0 Å². The van der Waals surface area contributed by atoms with Crippen LogP contribution in [-0.2, 0) is 16.6 Å². The highest BCUT2D eigenvalue weighted by Gasteiger charge is 2.32. The molecule has 1 aliphatic heterocycles. The van der Waals surface area contributed by atoms with Gasteiger partial charge in [0, 0.05) is 25.8 Å². The summed E-state index contributed by atoms with van der Waals surface area (Å²) in [5.74, 6) is -1.12. The molecule has 0 amide bonds. The molecule has 0 atom stereocenters. The molecule has 1 N–H and O–H groups in total. The van der Waals surface area contributed by atoms with Gasteiger partial charge in [0.2, 0.25) is 10.0 Å². The summed E-state index contributed by atoms with van der Waals surface area (Å²) >= 11 is 0. The highest BCUT2D eigenvalue weighted by Crippen LogP contribution is 2.24. The first-order chi connectivity index (χ1) is 11.3. The fourth-order valence-electron chi connectivity index (χ4n) is 3.25. The lowest BCUT2D eigenvalue weighted by Crippen LogP contribution is -2.45. The average Bonchev–Trinajstić information content (AvgIpc) is 3.00. The number of sulfonamides is 1. The first-order valence-corrected chi connectivity index (χ1v) is 9.89. The van der Waals surface area contributed by atoms with Gasteiger partial charge in [-0.15, -0.1) is 0 Å². The van der Waals surface area contributed by atoms with Crippen LogP contribution in [0.4, 0.5) is 0 Å². The van der Waals surface area contributed by atoms with Crippen LogP contribution in [-0.4, -0.2) is 66.0 Å². The monoisotopic (exact) mass is 357 g/mol. The topological polar surface area (TPSA) is 82.8 Å². The average molecular weight is 357 g/mol. The molecular formula is C16H27N3O4S. The summed E-state index contributed by atoms with van der Waals surface area (Å²) in [7, 11) is -2.09. The molecule has 1 aromatic heterocycles. The maximum absolute atomic E-state index is 12.8. The van der Waals surface area contributed by atoms with E-state index in [2.05, 4.69) is 11.8 Å². The maximum Gasteiger partial charge on any atom is 0.352 e. The Bertz CT molecular complexity index is 675. The molecule has 1 aliphatic rings. The van der Waals surface area contributed by atoms with Crippen molar-refractivity contribution in [3.8, 4) is 0 Å².